The number of furan rings is 1. The van der Waals surface area contributed by atoms with Crippen LogP contribution in [0.3, 0.4) is 0 Å². The maximum atomic E-state index is 14.0. The van der Waals surface area contributed by atoms with Crippen LogP contribution < -0.4 is 10.6 Å². The van der Waals surface area contributed by atoms with Crippen LogP contribution >= 0.6 is 11.6 Å². The number of hydrogen-bond donors (Lipinski definition) is 0. The molecule has 0 saturated carbocycles. The molecule has 0 spiro atoms. The van der Waals surface area contributed by atoms with Crippen molar-refractivity contribution in [2.24, 2.45) is 11.3 Å². The molecule has 2 nitrogen and oxygen atoms in total. The maximum absolute atomic E-state index is 14.0. The minimum atomic E-state index is -0.446. The molecule has 0 amide bonds. The lowest BCUT2D eigenvalue weighted by molar-refractivity contribution is 0.0897. The normalized spacial score (nSPS) is 14.5. The Labute approximate surface area is 204 Å². The number of Topliss-reactive ketones (excluding diaryl/α,β-unsaturated/α-hetero) is 1. The van der Waals surface area contributed by atoms with Crippen LogP contribution in [0.1, 0.15) is 97.7 Å². The van der Waals surface area contributed by atoms with E-state index >= 15 is 0 Å². The minimum Gasteiger partial charge on any atom is -0.453 e. The molecule has 1 unspecified atom stereocenters. The zero-order chi connectivity index (χ0) is 25.3. The van der Waals surface area contributed by atoms with Gasteiger partial charge in [0.05, 0.1) is 5.02 Å². The molecule has 33 heavy (non-hydrogen) atoms. The summed E-state index contributed by atoms with van der Waals surface area (Å²) in [5, 5.41) is 1.02. The Morgan fingerprint density at radius 1 is 1.15 bits per heavy atom. The van der Waals surface area contributed by atoms with E-state index in [-0.39, 0.29) is 22.1 Å². The fourth-order valence-electron chi connectivity index (χ4n) is 3.20. The second-order valence-electron chi connectivity index (χ2n) is 9.51. The highest BCUT2D eigenvalue weighted by atomic mass is 35.5. The van der Waals surface area contributed by atoms with Gasteiger partial charge in [-0.25, -0.2) is 4.39 Å². The summed E-state index contributed by atoms with van der Waals surface area (Å²) in [6.07, 6.45) is 6.93. The van der Waals surface area contributed by atoms with Gasteiger partial charge < -0.3 is 4.42 Å². The Kier molecular flexibility index (Phi) is 11.3. The molecule has 0 aliphatic carbocycles. The molecule has 0 N–H and O–H groups in total. The molecule has 1 heterocycles. The second-order valence-corrected chi connectivity index (χ2v) is 9.92. The first kappa shape index (κ1) is 28.9. The van der Waals surface area contributed by atoms with E-state index < -0.39 is 5.82 Å². The summed E-state index contributed by atoms with van der Waals surface area (Å²) in [6, 6.07) is 6.65. The van der Waals surface area contributed by atoms with Gasteiger partial charge in [0, 0.05) is 16.7 Å². The fraction of sp³-hybridized carbons (Fsp3) is 0.483. The van der Waals surface area contributed by atoms with Crippen molar-refractivity contribution in [1.29, 1.82) is 0 Å². The molecule has 0 radical (unpaired) electrons. The number of carbonyl (C=O) groups excluding carboxylic acids is 1. The summed E-state index contributed by atoms with van der Waals surface area (Å²) in [4.78, 5) is 12.7. The lowest BCUT2D eigenvalue weighted by Crippen LogP contribution is -2.27. The first-order valence-electron chi connectivity index (χ1n) is 11.9. The van der Waals surface area contributed by atoms with E-state index in [1.807, 2.05) is 32.9 Å². The number of rotatable bonds is 6. The smallest absolute Gasteiger partial charge is 0.200 e. The summed E-state index contributed by atoms with van der Waals surface area (Å²) >= 11 is 5.83. The largest absolute Gasteiger partial charge is 0.453 e. The van der Waals surface area contributed by atoms with E-state index in [1.54, 1.807) is 12.1 Å². The molecule has 0 saturated heterocycles. The van der Waals surface area contributed by atoms with Gasteiger partial charge in [-0.3, -0.25) is 4.79 Å². The van der Waals surface area contributed by atoms with Crippen molar-refractivity contribution >= 4 is 34.6 Å². The maximum Gasteiger partial charge on any atom is 0.200 e. The summed E-state index contributed by atoms with van der Waals surface area (Å²) in [5.74, 6) is -0.128. The summed E-state index contributed by atoms with van der Waals surface area (Å²) < 4.78 is 20.1. The van der Waals surface area contributed by atoms with Gasteiger partial charge in [0.25, 0.3) is 0 Å². The highest BCUT2D eigenvalue weighted by molar-refractivity contribution is 6.30. The lowest BCUT2D eigenvalue weighted by Gasteiger charge is -2.20. The molecule has 0 bridgehead atoms. The van der Waals surface area contributed by atoms with E-state index in [2.05, 4.69) is 47.6 Å². The van der Waals surface area contributed by atoms with Crippen LogP contribution in [0.2, 0.25) is 5.02 Å². The van der Waals surface area contributed by atoms with Gasteiger partial charge in [-0.1, -0.05) is 91.6 Å². The van der Waals surface area contributed by atoms with E-state index in [1.165, 1.54) is 12.5 Å². The number of halogens is 2. The number of hydrogen-bond acceptors (Lipinski definition) is 2. The van der Waals surface area contributed by atoms with E-state index in [9.17, 15) is 9.18 Å². The van der Waals surface area contributed by atoms with Gasteiger partial charge in [-0.05, 0) is 54.5 Å². The van der Waals surface area contributed by atoms with Crippen LogP contribution in [0.15, 0.2) is 34.8 Å². The van der Waals surface area contributed by atoms with Gasteiger partial charge in [0.2, 0.25) is 5.78 Å². The molecule has 182 valence electrons. The second kappa shape index (κ2) is 12.9. The van der Waals surface area contributed by atoms with Crippen molar-refractivity contribution < 1.29 is 13.6 Å². The van der Waals surface area contributed by atoms with Crippen LogP contribution in [-0.2, 0) is 0 Å². The number of ketones is 1. The van der Waals surface area contributed by atoms with Gasteiger partial charge in [-0.2, -0.15) is 0 Å². The quantitative estimate of drug-likeness (QED) is 0.395. The van der Waals surface area contributed by atoms with Gasteiger partial charge in [0.1, 0.15) is 11.2 Å². The zero-order valence-electron chi connectivity index (χ0n) is 21.7. The monoisotopic (exact) mass is 474 g/mol. The van der Waals surface area contributed by atoms with Crippen molar-refractivity contribution in [3.8, 4) is 0 Å². The highest BCUT2D eigenvalue weighted by Gasteiger charge is 2.22. The Bertz CT molecular complexity index is 1080. The Morgan fingerprint density at radius 2 is 1.76 bits per heavy atom. The fourth-order valence-corrected chi connectivity index (χ4v) is 3.32. The summed E-state index contributed by atoms with van der Waals surface area (Å²) in [7, 11) is 0. The van der Waals surface area contributed by atoms with Crippen LogP contribution in [-0.4, -0.2) is 5.78 Å². The molecule has 2 aromatic rings. The Hall–Kier alpha value is -2.13. The van der Waals surface area contributed by atoms with Crippen molar-refractivity contribution in [2.45, 2.75) is 81.6 Å². The highest BCUT2D eigenvalue weighted by Crippen LogP contribution is 2.30. The van der Waals surface area contributed by atoms with Crippen molar-refractivity contribution in [1.82, 2.24) is 0 Å². The third-order valence-corrected chi connectivity index (χ3v) is 5.58. The van der Waals surface area contributed by atoms with Crippen molar-refractivity contribution in [3.05, 3.63) is 63.1 Å². The molecule has 0 aliphatic rings. The Morgan fingerprint density at radius 3 is 2.24 bits per heavy atom. The summed E-state index contributed by atoms with van der Waals surface area (Å²) in [6.45, 7) is 18.5. The predicted molar refractivity (Wildman–Crippen MR) is 140 cm³/mol. The van der Waals surface area contributed by atoms with E-state index in [0.717, 1.165) is 34.8 Å². The molecule has 2 rings (SSSR count). The van der Waals surface area contributed by atoms with Crippen LogP contribution in [0, 0.1) is 17.2 Å². The number of allylic oxidation sites excluding steroid dienone is 2. The molecule has 1 aromatic carbocycles. The van der Waals surface area contributed by atoms with Gasteiger partial charge >= 0.3 is 0 Å². The molecule has 4 heteroatoms. The van der Waals surface area contributed by atoms with E-state index in [0.29, 0.717) is 11.2 Å². The van der Waals surface area contributed by atoms with Crippen LogP contribution in [0.5, 0.6) is 0 Å². The van der Waals surface area contributed by atoms with Crippen LogP contribution in [0.25, 0.3) is 17.2 Å². The van der Waals surface area contributed by atoms with Crippen molar-refractivity contribution in [2.75, 3.05) is 0 Å². The molecule has 0 fully saturated rings. The lowest BCUT2D eigenvalue weighted by atomic mass is 9.84. The molecular formula is C29H40ClFO2. The SMILES string of the molecule is CCC.CC\C=c1/cc(C(=O)C(C)CC)o/c1=C(/C=C(\C)c1ccc(Cl)c(F)c1)C(C)(C)C. The average molecular weight is 475 g/mol. The standard InChI is InChI=1S/C26H32ClFO2.C3H8/c1-8-10-19-15-23(24(29)16(3)9-2)30-25(19)20(26(5,6)7)13-17(4)18-11-12-21(27)22(28)14-18;1-3-2/h10-16H,8-9H2,1-7H3;3H2,1-2H3/b17-13+,19-10+,25-20-;. The molecular weight excluding hydrogens is 435 g/mol. The minimum absolute atomic E-state index is 0.0169. The summed E-state index contributed by atoms with van der Waals surface area (Å²) in [5.41, 5.74) is 3.05. The Balaban J connectivity index is 0.00000172. The zero-order valence-corrected chi connectivity index (χ0v) is 22.5. The number of benzene rings is 1. The topological polar surface area (TPSA) is 30.2 Å². The first-order chi connectivity index (χ1) is 15.4. The number of carbonyl (C=O) groups is 1. The first-order valence-corrected chi connectivity index (χ1v) is 12.3. The molecule has 1 aromatic heterocycles. The molecule has 0 aliphatic heterocycles. The van der Waals surface area contributed by atoms with Gasteiger partial charge in [0.15, 0.2) is 5.76 Å². The third-order valence-electron chi connectivity index (χ3n) is 5.28. The average Bonchev–Trinajstić information content (AvgIpc) is 3.15. The van der Waals surface area contributed by atoms with E-state index in [4.69, 9.17) is 16.0 Å². The van der Waals surface area contributed by atoms with Crippen molar-refractivity contribution in [3.63, 3.8) is 0 Å². The third kappa shape index (κ3) is 7.99. The van der Waals surface area contributed by atoms with Gasteiger partial charge in [-0.15, -0.1) is 0 Å². The predicted octanol–water partition coefficient (Wildman–Crippen LogP) is 8.21. The molecule has 1 atom stereocenters. The van der Waals surface area contributed by atoms with Crippen LogP contribution in [0.4, 0.5) is 4.39 Å².